The molecule has 3 aromatic heterocycles. The number of rotatable bonds is 5. The zero-order valence-corrected chi connectivity index (χ0v) is 18.7. The normalized spacial score (nSPS) is 18.4. The second-order valence-electron chi connectivity index (χ2n) is 8.84. The van der Waals surface area contributed by atoms with E-state index in [4.69, 9.17) is 9.72 Å². The number of pyridine rings is 1. The summed E-state index contributed by atoms with van der Waals surface area (Å²) in [6.07, 6.45) is 5.12. The van der Waals surface area contributed by atoms with Crippen molar-refractivity contribution < 1.29 is 13.9 Å². The summed E-state index contributed by atoms with van der Waals surface area (Å²) in [4.78, 5) is 19.2. The summed E-state index contributed by atoms with van der Waals surface area (Å²) in [5.41, 5.74) is 2.16. The maximum absolute atomic E-state index is 15.4. The Morgan fingerprint density at radius 1 is 1.24 bits per heavy atom. The van der Waals surface area contributed by atoms with E-state index in [2.05, 4.69) is 32.4 Å². The second kappa shape index (κ2) is 8.21. The van der Waals surface area contributed by atoms with Crippen LogP contribution in [-0.2, 0) is 9.53 Å². The van der Waals surface area contributed by atoms with Gasteiger partial charge in [0.05, 0.1) is 31.6 Å². The number of anilines is 2. The van der Waals surface area contributed by atoms with E-state index in [0.717, 1.165) is 18.7 Å². The highest BCUT2D eigenvalue weighted by atomic mass is 19.1. The number of amides is 1. The number of hydrogen-bond donors (Lipinski definition) is 2. The number of fused-ring (bicyclic) bond motifs is 1. The molecule has 2 fully saturated rings. The highest BCUT2D eigenvalue weighted by Crippen LogP contribution is 2.36. The molecule has 1 saturated carbocycles. The van der Waals surface area contributed by atoms with Crippen LogP contribution >= 0.6 is 0 Å². The van der Waals surface area contributed by atoms with Crippen molar-refractivity contribution in [1.29, 1.82) is 0 Å². The van der Waals surface area contributed by atoms with Crippen LogP contribution in [0.5, 0.6) is 0 Å². The van der Waals surface area contributed by atoms with E-state index >= 15 is 4.39 Å². The Hall–Kier alpha value is -3.79. The summed E-state index contributed by atoms with van der Waals surface area (Å²) in [6.45, 7) is 3.96. The van der Waals surface area contributed by atoms with Gasteiger partial charge in [0.25, 0.3) is 0 Å². The molecule has 1 aliphatic carbocycles. The summed E-state index contributed by atoms with van der Waals surface area (Å²) in [5.74, 6) is 0.970. The zero-order valence-electron chi connectivity index (χ0n) is 18.7. The molecule has 1 aliphatic heterocycles. The maximum Gasteiger partial charge on any atom is 0.227 e. The average Bonchev–Trinajstić information content (AvgIpc) is 3.38. The molecule has 0 bridgehead atoms. The minimum Gasteiger partial charge on any atom is -0.377 e. The van der Waals surface area contributed by atoms with E-state index in [1.165, 1.54) is 6.07 Å². The number of aromatic nitrogens is 5. The molecule has 10 heteroatoms. The molecule has 1 aromatic carbocycles. The lowest BCUT2D eigenvalue weighted by Gasteiger charge is -2.34. The van der Waals surface area contributed by atoms with Gasteiger partial charge in [0.15, 0.2) is 11.5 Å². The van der Waals surface area contributed by atoms with Crippen molar-refractivity contribution in [2.45, 2.75) is 25.8 Å². The van der Waals surface area contributed by atoms with Gasteiger partial charge in [-0.2, -0.15) is 14.9 Å². The average molecular weight is 462 g/mol. The molecule has 2 N–H and O–H groups in total. The number of H-pyrrole nitrogens is 1. The summed E-state index contributed by atoms with van der Waals surface area (Å²) < 4.78 is 22.7. The van der Waals surface area contributed by atoms with Crippen LogP contribution in [0.25, 0.3) is 28.0 Å². The minimum absolute atomic E-state index is 0.0500. The molecule has 0 unspecified atom stereocenters. The van der Waals surface area contributed by atoms with Crippen LogP contribution in [0.1, 0.15) is 19.8 Å². The Morgan fingerprint density at radius 3 is 2.85 bits per heavy atom. The number of nitrogens with one attached hydrogen (secondary N) is 2. The van der Waals surface area contributed by atoms with Gasteiger partial charge < -0.3 is 15.0 Å². The topological polar surface area (TPSA) is 101 Å². The quantitative estimate of drug-likeness (QED) is 0.472. The first-order valence-corrected chi connectivity index (χ1v) is 11.4. The Labute approximate surface area is 194 Å². The van der Waals surface area contributed by atoms with Crippen molar-refractivity contribution >= 4 is 28.4 Å². The zero-order chi connectivity index (χ0) is 23.2. The van der Waals surface area contributed by atoms with Crippen LogP contribution in [0.3, 0.4) is 0 Å². The molecule has 1 atom stereocenters. The summed E-state index contributed by atoms with van der Waals surface area (Å²) in [5, 5.41) is 15.0. The number of carbonyl (C=O) groups excluding carboxylic acids is 1. The maximum atomic E-state index is 15.4. The van der Waals surface area contributed by atoms with Crippen molar-refractivity contribution in [3.8, 4) is 16.9 Å². The van der Waals surface area contributed by atoms with Crippen LogP contribution in [0.4, 0.5) is 15.9 Å². The molecular formula is C24H24FN7O2. The molecule has 2 aliphatic rings. The summed E-state index contributed by atoms with van der Waals surface area (Å²) in [7, 11) is 0. The lowest BCUT2D eigenvalue weighted by molar-refractivity contribution is -0.117. The molecule has 174 valence electrons. The van der Waals surface area contributed by atoms with Gasteiger partial charge in [-0.3, -0.25) is 9.89 Å². The summed E-state index contributed by atoms with van der Waals surface area (Å²) in [6, 6.07) is 8.64. The van der Waals surface area contributed by atoms with Gasteiger partial charge in [0.2, 0.25) is 5.91 Å². The first kappa shape index (κ1) is 20.8. The second-order valence-corrected chi connectivity index (χ2v) is 8.84. The largest absolute Gasteiger partial charge is 0.377 e. The van der Waals surface area contributed by atoms with Gasteiger partial charge in [0.1, 0.15) is 11.6 Å². The van der Waals surface area contributed by atoms with Gasteiger partial charge in [0, 0.05) is 40.7 Å². The molecule has 4 aromatic rings. The van der Waals surface area contributed by atoms with Gasteiger partial charge in [-0.1, -0.05) is 0 Å². The van der Waals surface area contributed by atoms with Crippen LogP contribution in [0, 0.1) is 11.7 Å². The highest BCUT2D eigenvalue weighted by molar-refractivity contribution is 5.97. The predicted molar refractivity (Wildman–Crippen MR) is 125 cm³/mol. The fraction of sp³-hybridized carbons (Fsp3) is 0.333. The Bertz CT molecular complexity index is 1360. The van der Waals surface area contributed by atoms with E-state index < -0.39 is 5.82 Å². The van der Waals surface area contributed by atoms with E-state index in [-0.39, 0.29) is 17.9 Å². The monoisotopic (exact) mass is 461 g/mol. The standard InChI is InChI=1S/C24H24FN7O2/c1-14-13-34-9-8-31(14)22-11-18(19-12-27-32(23(19)29-22)21-6-7-26-30-21)17-5-4-16(10-20(17)25)28-24(33)15-2-3-15/h4-7,10-12,14-15H,2-3,8-9,13H2,1H3,(H,26,30)(H,28,33)/t14-/m1/s1. The van der Waals surface area contributed by atoms with E-state index in [1.54, 1.807) is 35.3 Å². The Kier molecular flexibility index (Phi) is 5.02. The number of benzene rings is 1. The molecular weight excluding hydrogens is 437 g/mol. The smallest absolute Gasteiger partial charge is 0.227 e. The third kappa shape index (κ3) is 3.69. The molecule has 6 rings (SSSR count). The van der Waals surface area contributed by atoms with Gasteiger partial charge >= 0.3 is 0 Å². The fourth-order valence-corrected chi connectivity index (χ4v) is 4.37. The fourth-order valence-electron chi connectivity index (χ4n) is 4.37. The van der Waals surface area contributed by atoms with E-state index in [1.807, 2.05) is 6.07 Å². The van der Waals surface area contributed by atoms with Crippen LogP contribution < -0.4 is 10.2 Å². The first-order chi connectivity index (χ1) is 16.6. The van der Waals surface area contributed by atoms with E-state index in [9.17, 15) is 4.79 Å². The number of halogens is 1. The van der Waals surface area contributed by atoms with Crippen molar-refractivity contribution in [1.82, 2.24) is 25.0 Å². The summed E-state index contributed by atoms with van der Waals surface area (Å²) >= 11 is 0. The Balaban J connectivity index is 1.47. The van der Waals surface area contributed by atoms with Gasteiger partial charge in [-0.05, 0) is 44.0 Å². The SMILES string of the molecule is C[C@@H]1COCCN1c1cc(-c2ccc(NC(=O)C3CC3)cc2F)c2cnn(-c3ccn[nH]3)c2n1. The first-order valence-electron chi connectivity index (χ1n) is 11.4. The molecule has 4 heterocycles. The van der Waals surface area contributed by atoms with Crippen molar-refractivity contribution in [2.75, 3.05) is 30.0 Å². The lowest BCUT2D eigenvalue weighted by Crippen LogP contribution is -2.44. The lowest BCUT2D eigenvalue weighted by atomic mass is 10.0. The van der Waals surface area contributed by atoms with Crippen molar-refractivity contribution in [3.05, 3.63) is 48.5 Å². The molecule has 0 spiro atoms. The van der Waals surface area contributed by atoms with Crippen molar-refractivity contribution in [3.63, 3.8) is 0 Å². The van der Waals surface area contributed by atoms with Crippen LogP contribution in [0.2, 0.25) is 0 Å². The van der Waals surface area contributed by atoms with Gasteiger partial charge in [-0.15, -0.1) is 0 Å². The predicted octanol–water partition coefficient (Wildman–Crippen LogP) is 3.52. The van der Waals surface area contributed by atoms with Crippen molar-refractivity contribution in [2.24, 2.45) is 5.92 Å². The third-order valence-corrected chi connectivity index (χ3v) is 6.38. The van der Waals surface area contributed by atoms with Crippen LogP contribution in [-0.4, -0.2) is 56.7 Å². The number of ether oxygens (including phenoxy) is 1. The number of carbonyl (C=O) groups is 1. The molecule has 1 amide bonds. The minimum atomic E-state index is -0.420. The van der Waals surface area contributed by atoms with E-state index in [0.29, 0.717) is 53.4 Å². The number of aromatic amines is 1. The van der Waals surface area contributed by atoms with Crippen LogP contribution in [0.15, 0.2) is 42.7 Å². The molecule has 34 heavy (non-hydrogen) atoms. The Morgan fingerprint density at radius 2 is 2.12 bits per heavy atom. The highest BCUT2D eigenvalue weighted by Gasteiger charge is 2.30. The third-order valence-electron chi connectivity index (χ3n) is 6.38. The number of morpholine rings is 1. The number of hydrogen-bond acceptors (Lipinski definition) is 6. The van der Waals surface area contributed by atoms with Gasteiger partial charge in [-0.25, -0.2) is 9.37 Å². The molecule has 9 nitrogen and oxygen atoms in total. The number of nitrogens with zero attached hydrogens (tertiary/aromatic N) is 5. The molecule has 1 saturated heterocycles. The molecule has 0 radical (unpaired) electrons.